The van der Waals surface area contributed by atoms with Crippen LogP contribution in [0.2, 0.25) is 9.56 Å². The second-order valence-electron chi connectivity index (χ2n) is 3.79. The van der Waals surface area contributed by atoms with Crippen molar-refractivity contribution in [2.75, 3.05) is 6.54 Å². The summed E-state index contributed by atoms with van der Waals surface area (Å²) in [5, 5.41) is 0.100. The molecule has 0 spiro atoms. The van der Waals surface area contributed by atoms with Crippen LogP contribution in [0.4, 0.5) is 0 Å². The molecule has 0 unspecified atom stereocenters. The second kappa shape index (κ2) is 6.28. The summed E-state index contributed by atoms with van der Waals surface area (Å²) in [6.45, 7) is 4.55. The van der Waals surface area contributed by atoms with E-state index < -0.39 is 0 Å². The minimum Gasteiger partial charge on any atom is -0.452 e. The van der Waals surface area contributed by atoms with Gasteiger partial charge in [-0.1, -0.05) is 17.7 Å². The van der Waals surface area contributed by atoms with Crippen LogP contribution in [-0.2, 0) is 6.54 Å². The zero-order valence-electron chi connectivity index (χ0n) is 9.94. The van der Waals surface area contributed by atoms with E-state index in [-0.39, 0.29) is 11.1 Å². The minimum atomic E-state index is -0.192. The van der Waals surface area contributed by atoms with Gasteiger partial charge in [0.25, 0.3) is 5.91 Å². The molecule has 2 aromatic heterocycles. The number of carbonyl (C=O) groups excluding carboxylic acids is 1. The number of halogens is 2. The molecule has 0 aliphatic heterocycles. The van der Waals surface area contributed by atoms with Crippen LogP contribution >= 0.6 is 34.5 Å². The Morgan fingerprint density at radius 2 is 2.21 bits per heavy atom. The van der Waals surface area contributed by atoms with Gasteiger partial charge in [0.15, 0.2) is 0 Å². The number of carbonyl (C=O) groups is 1. The molecule has 100 valence electrons. The number of hydrogen-bond acceptors (Lipinski definition) is 3. The van der Waals surface area contributed by atoms with E-state index >= 15 is 0 Å². The summed E-state index contributed by atoms with van der Waals surface area (Å²) in [6.07, 6.45) is 3.06. The summed E-state index contributed by atoms with van der Waals surface area (Å²) in [4.78, 5) is 15.0. The molecule has 3 nitrogen and oxygen atoms in total. The highest BCUT2D eigenvalue weighted by molar-refractivity contribution is 7.16. The zero-order chi connectivity index (χ0) is 13.8. The number of furan rings is 1. The third-order valence-corrected chi connectivity index (χ3v) is 3.97. The Labute approximate surface area is 125 Å². The Morgan fingerprint density at radius 3 is 2.74 bits per heavy atom. The first-order chi connectivity index (χ1) is 9.11. The van der Waals surface area contributed by atoms with Crippen molar-refractivity contribution < 1.29 is 9.21 Å². The van der Waals surface area contributed by atoms with E-state index in [9.17, 15) is 4.79 Å². The maximum Gasteiger partial charge on any atom is 0.259 e. The van der Waals surface area contributed by atoms with Crippen molar-refractivity contribution in [1.29, 1.82) is 0 Å². The van der Waals surface area contributed by atoms with Crippen molar-refractivity contribution in [3.8, 4) is 0 Å². The van der Waals surface area contributed by atoms with Crippen LogP contribution in [0.3, 0.4) is 0 Å². The van der Waals surface area contributed by atoms with Gasteiger partial charge in [0.2, 0.25) is 5.22 Å². The summed E-state index contributed by atoms with van der Waals surface area (Å²) >= 11 is 13.2. The molecule has 2 aromatic rings. The van der Waals surface area contributed by atoms with Crippen molar-refractivity contribution in [3.63, 3.8) is 0 Å². The quantitative estimate of drug-likeness (QED) is 0.762. The van der Waals surface area contributed by atoms with Crippen molar-refractivity contribution in [3.05, 3.63) is 57.1 Å². The van der Waals surface area contributed by atoms with Crippen molar-refractivity contribution in [1.82, 2.24) is 4.90 Å². The number of hydrogen-bond donors (Lipinski definition) is 0. The van der Waals surface area contributed by atoms with Gasteiger partial charge < -0.3 is 9.32 Å². The van der Waals surface area contributed by atoms with Gasteiger partial charge in [0.1, 0.15) is 0 Å². The fourth-order valence-corrected chi connectivity index (χ4v) is 2.92. The van der Waals surface area contributed by atoms with Crippen LogP contribution in [0.25, 0.3) is 0 Å². The topological polar surface area (TPSA) is 33.5 Å². The fourth-order valence-electron chi connectivity index (χ4n) is 1.62. The lowest BCUT2D eigenvalue weighted by atomic mass is 10.2. The molecule has 0 bridgehead atoms. The smallest absolute Gasteiger partial charge is 0.259 e. The van der Waals surface area contributed by atoms with E-state index in [1.54, 1.807) is 17.0 Å². The predicted molar refractivity (Wildman–Crippen MR) is 78.0 cm³/mol. The van der Waals surface area contributed by atoms with Crippen molar-refractivity contribution >= 4 is 40.4 Å². The second-order valence-corrected chi connectivity index (χ2v) is 5.93. The first-order valence-corrected chi connectivity index (χ1v) is 7.06. The highest BCUT2D eigenvalue weighted by Gasteiger charge is 2.20. The molecule has 0 aromatic carbocycles. The molecule has 0 aliphatic carbocycles. The average molecular weight is 316 g/mol. The minimum absolute atomic E-state index is 0.100. The highest BCUT2D eigenvalue weighted by Crippen LogP contribution is 2.24. The Kier molecular flexibility index (Phi) is 4.69. The number of thiophene rings is 1. The predicted octanol–water partition coefficient (Wildman–Crippen LogP) is 4.48. The molecule has 0 aliphatic rings. The van der Waals surface area contributed by atoms with Crippen molar-refractivity contribution in [2.24, 2.45) is 0 Å². The van der Waals surface area contributed by atoms with Crippen molar-refractivity contribution in [2.45, 2.75) is 6.54 Å². The molecule has 0 saturated carbocycles. The Hall–Kier alpha value is -1.23. The summed E-state index contributed by atoms with van der Waals surface area (Å²) in [5.74, 6) is -0.192. The van der Waals surface area contributed by atoms with Gasteiger partial charge in [-0.3, -0.25) is 4.79 Å². The first-order valence-electron chi connectivity index (χ1n) is 5.49. The lowest BCUT2D eigenvalue weighted by Crippen LogP contribution is -2.30. The van der Waals surface area contributed by atoms with Crippen LogP contribution in [0, 0.1) is 0 Å². The normalized spacial score (nSPS) is 10.4. The van der Waals surface area contributed by atoms with Gasteiger partial charge in [-0.15, -0.1) is 17.9 Å². The number of rotatable bonds is 5. The van der Waals surface area contributed by atoms with Crippen LogP contribution in [-0.4, -0.2) is 17.4 Å². The Balaban J connectivity index is 2.18. The van der Waals surface area contributed by atoms with E-state index in [0.29, 0.717) is 23.0 Å². The molecule has 0 saturated heterocycles. The molecule has 0 fully saturated rings. The van der Waals surface area contributed by atoms with E-state index in [2.05, 4.69) is 6.58 Å². The standard InChI is InChI=1S/C13H11Cl2NO2S/c1-2-6-16(8-9-3-4-11(14)19-9)13(17)10-5-7-18-12(10)15/h2-5,7H,1,6,8H2. The molecule has 0 N–H and O–H groups in total. The molecule has 0 atom stereocenters. The molecule has 2 heterocycles. The molecule has 6 heteroatoms. The molecular formula is C13H11Cl2NO2S. The third kappa shape index (κ3) is 3.41. The van der Waals surface area contributed by atoms with Crippen LogP contribution in [0.15, 0.2) is 41.5 Å². The van der Waals surface area contributed by atoms with E-state index in [0.717, 1.165) is 4.88 Å². The fraction of sp³-hybridized carbons (Fsp3) is 0.154. The van der Waals surface area contributed by atoms with Crippen LogP contribution in [0.5, 0.6) is 0 Å². The monoisotopic (exact) mass is 315 g/mol. The summed E-state index contributed by atoms with van der Waals surface area (Å²) < 4.78 is 5.64. The molecule has 0 radical (unpaired) electrons. The highest BCUT2D eigenvalue weighted by atomic mass is 35.5. The maximum absolute atomic E-state index is 12.3. The molecular weight excluding hydrogens is 305 g/mol. The van der Waals surface area contributed by atoms with Gasteiger partial charge in [-0.05, 0) is 29.8 Å². The SMILES string of the molecule is C=CCN(Cc1ccc(Cl)s1)C(=O)c1ccoc1Cl. The maximum atomic E-state index is 12.3. The zero-order valence-corrected chi connectivity index (χ0v) is 12.3. The molecule has 19 heavy (non-hydrogen) atoms. The molecule has 2 rings (SSSR count). The van der Waals surface area contributed by atoms with E-state index in [1.807, 2.05) is 12.1 Å². The largest absolute Gasteiger partial charge is 0.452 e. The average Bonchev–Trinajstić information content (AvgIpc) is 2.97. The van der Waals surface area contributed by atoms with Crippen LogP contribution < -0.4 is 0 Å². The number of amides is 1. The van der Waals surface area contributed by atoms with Crippen LogP contribution in [0.1, 0.15) is 15.2 Å². The molecule has 1 amide bonds. The van der Waals surface area contributed by atoms with Gasteiger partial charge in [0.05, 0.1) is 22.7 Å². The van der Waals surface area contributed by atoms with Gasteiger partial charge in [0, 0.05) is 11.4 Å². The lowest BCUT2D eigenvalue weighted by Gasteiger charge is -2.19. The van der Waals surface area contributed by atoms with E-state index in [1.165, 1.54) is 17.6 Å². The number of nitrogens with zero attached hydrogens (tertiary/aromatic N) is 1. The Bertz CT molecular complexity index is 591. The van der Waals surface area contributed by atoms with E-state index in [4.69, 9.17) is 27.6 Å². The summed E-state index contributed by atoms with van der Waals surface area (Å²) in [6, 6.07) is 5.26. The first kappa shape index (κ1) is 14.2. The lowest BCUT2D eigenvalue weighted by molar-refractivity contribution is 0.0763. The van der Waals surface area contributed by atoms with Gasteiger partial charge >= 0.3 is 0 Å². The van der Waals surface area contributed by atoms with Gasteiger partial charge in [-0.2, -0.15) is 0 Å². The Morgan fingerprint density at radius 1 is 1.42 bits per heavy atom. The summed E-state index contributed by atoms with van der Waals surface area (Å²) in [5.41, 5.74) is 0.353. The van der Waals surface area contributed by atoms with Gasteiger partial charge in [-0.25, -0.2) is 0 Å². The summed E-state index contributed by atoms with van der Waals surface area (Å²) in [7, 11) is 0. The third-order valence-electron chi connectivity index (χ3n) is 2.46.